The lowest BCUT2D eigenvalue weighted by Gasteiger charge is -2.43. The molecular formula is C15H22N4O5S. The van der Waals surface area contributed by atoms with E-state index in [2.05, 4.69) is 10.3 Å². The Labute approximate surface area is 146 Å². The molecule has 0 radical (unpaired) electrons. The predicted octanol–water partition coefficient (Wildman–Crippen LogP) is 0.0191. The highest BCUT2D eigenvalue weighted by Gasteiger charge is 2.48. The van der Waals surface area contributed by atoms with Crippen LogP contribution in [0, 0.1) is 5.21 Å². The number of primary amides is 1. The van der Waals surface area contributed by atoms with Crippen molar-refractivity contribution in [2.45, 2.75) is 43.2 Å². The maximum absolute atomic E-state index is 13.5. The topological polar surface area (TPSA) is 142 Å². The summed E-state index contributed by atoms with van der Waals surface area (Å²) < 4.78 is 24.0. The summed E-state index contributed by atoms with van der Waals surface area (Å²) in [5.41, 5.74) is 5.04. The Kier molecular flexibility index (Phi) is 6.22. The zero-order valence-electron chi connectivity index (χ0n) is 13.8. The Morgan fingerprint density at radius 3 is 2.68 bits per heavy atom. The quantitative estimate of drug-likeness (QED) is 0.531. The SMILES string of the molecule is NC(=O)CCC(=O)[N@+]([O-])(C1CCCNCC1)S(=O)(=O)c1ccccn1. The third-order valence-corrected chi connectivity index (χ3v) is 6.20. The van der Waals surface area contributed by atoms with E-state index in [0.29, 0.717) is 19.5 Å². The van der Waals surface area contributed by atoms with Crippen molar-refractivity contribution in [3.05, 3.63) is 29.6 Å². The number of hydrogen-bond donors (Lipinski definition) is 2. The molecular weight excluding hydrogens is 348 g/mol. The van der Waals surface area contributed by atoms with Crippen LogP contribution in [0.2, 0.25) is 0 Å². The number of nitrogens with two attached hydrogens (primary N) is 1. The molecule has 2 heterocycles. The molecule has 3 N–H and O–H groups in total. The van der Waals surface area contributed by atoms with Crippen LogP contribution in [0.25, 0.3) is 0 Å². The van der Waals surface area contributed by atoms with E-state index in [1.807, 2.05) is 0 Å². The highest BCUT2D eigenvalue weighted by atomic mass is 32.2. The van der Waals surface area contributed by atoms with Crippen LogP contribution in [0.15, 0.2) is 29.4 Å². The molecule has 0 aromatic carbocycles. The second kappa shape index (κ2) is 8.00. The molecule has 9 nitrogen and oxygen atoms in total. The lowest BCUT2D eigenvalue weighted by molar-refractivity contribution is -0.705. The van der Waals surface area contributed by atoms with Gasteiger partial charge in [0.25, 0.3) is 0 Å². The lowest BCUT2D eigenvalue weighted by atomic mass is 10.1. The molecule has 10 heteroatoms. The molecule has 1 aliphatic rings. The van der Waals surface area contributed by atoms with Gasteiger partial charge in [0.15, 0.2) is 0 Å². The first kappa shape index (κ1) is 19.4. The first-order valence-electron chi connectivity index (χ1n) is 8.08. The van der Waals surface area contributed by atoms with Crippen molar-refractivity contribution in [1.82, 2.24) is 10.3 Å². The maximum atomic E-state index is 13.5. The number of quaternary nitrogens is 1. The molecule has 1 saturated heterocycles. The number of amides is 2. The van der Waals surface area contributed by atoms with Gasteiger partial charge in [-0.15, -0.1) is 0 Å². The molecule has 1 aliphatic heterocycles. The van der Waals surface area contributed by atoms with Crippen LogP contribution < -0.4 is 11.1 Å². The number of nitrogens with zero attached hydrogens (tertiary/aromatic N) is 2. The normalized spacial score (nSPS) is 21.1. The van der Waals surface area contributed by atoms with Crippen molar-refractivity contribution in [1.29, 1.82) is 0 Å². The molecule has 1 aromatic rings. The average Bonchev–Trinajstić information content (AvgIpc) is 2.89. The fourth-order valence-electron chi connectivity index (χ4n) is 2.90. The van der Waals surface area contributed by atoms with Crippen molar-refractivity contribution in [2.24, 2.45) is 5.73 Å². The van der Waals surface area contributed by atoms with Crippen LogP contribution in [0.5, 0.6) is 0 Å². The minimum absolute atomic E-state index is 0.234. The third kappa shape index (κ3) is 4.03. The van der Waals surface area contributed by atoms with E-state index in [0.717, 1.165) is 0 Å². The Morgan fingerprint density at radius 1 is 1.28 bits per heavy atom. The molecule has 0 aliphatic carbocycles. The molecule has 2 atom stereocenters. The summed E-state index contributed by atoms with van der Waals surface area (Å²) in [7, 11) is -4.62. The Balaban J connectivity index is 2.47. The van der Waals surface area contributed by atoms with Gasteiger partial charge in [-0.3, -0.25) is 4.79 Å². The summed E-state index contributed by atoms with van der Waals surface area (Å²) in [5.74, 6) is -1.85. The van der Waals surface area contributed by atoms with Gasteiger partial charge in [-0.25, -0.2) is 9.78 Å². The number of sulfonamides is 1. The van der Waals surface area contributed by atoms with Crippen LogP contribution in [0.1, 0.15) is 32.1 Å². The minimum Gasteiger partial charge on any atom is -0.608 e. The standard InChI is InChI=1S/C15H22N4O5S/c16-13(20)6-7-15(21)19(22,12-4-3-9-17-11-8-12)25(23,24)14-5-1-2-10-18-14/h1-2,5,10,12,17H,3-4,6-9,11H2,(H2,16,20)/t12?,19-/m0/s1. The van der Waals surface area contributed by atoms with Gasteiger partial charge in [0.2, 0.25) is 10.9 Å². The fraction of sp³-hybridized carbons (Fsp3) is 0.533. The molecule has 0 spiro atoms. The van der Waals surface area contributed by atoms with Gasteiger partial charge in [-0.05, 0) is 25.1 Å². The van der Waals surface area contributed by atoms with Crippen LogP contribution in [-0.4, -0.2) is 48.4 Å². The van der Waals surface area contributed by atoms with Gasteiger partial charge >= 0.3 is 15.9 Å². The predicted molar refractivity (Wildman–Crippen MR) is 89.0 cm³/mol. The first-order chi connectivity index (χ1) is 11.8. The second-order valence-electron chi connectivity index (χ2n) is 5.93. The van der Waals surface area contributed by atoms with Gasteiger partial charge in [0.1, 0.15) is 6.04 Å². The van der Waals surface area contributed by atoms with E-state index < -0.39 is 43.4 Å². The molecule has 2 amide bonds. The van der Waals surface area contributed by atoms with Crippen molar-refractivity contribution < 1.29 is 22.1 Å². The third-order valence-electron chi connectivity index (χ3n) is 4.22. The number of nitrogens with one attached hydrogen (secondary N) is 1. The van der Waals surface area contributed by atoms with Gasteiger partial charge in [-0.2, -0.15) is 12.5 Å². The Morgan fingerprint density at radius 2 is 2.04 bits per heavy atom. The van der Waals surface area contributed by atoms with Crippen molar-refractivity contribution in [2.75, 3.05) is 13.1 Å². The summed E-state index contributed by atoms with van der Waals surface area (Å²) in [6, 6.07) is 3.19. The largest absolute Gasteiger partial charge is 0.608 e. The summed E-state index contributed by atoms with van der Waals surface area (Å²) >= 11 is 0. The van der Waals surface area contributed by atoms with E-state index >= 15 is 0 Å². The molecule has 2 rings (SSSR count). The lowest BCUT2D eigenvalue weighted by Crippen LogP contribution is -2.59. The average molecular weight is 370 g/mol. The van der Waals surface area contributed by atoms with E-state index in [4.69, 9.17) is 5.73 Å². The number of carbonyl (C=O) groups is 2. The molecule has 1 unspecified atom stereocenters. The number of rotatable bonds is 6. The van der Waals surface area contributed by atoms with Crippen LogP contribution in [0.3, 0.4) is 0 Å². The van der Waals surface area contributed by atoms with E-state index in [1.165, 1.54) is 24.4 Å². The van der Waals surface area contributed by atoms with Gasteiger partial charge in [0, 0.05) is 32.0 Å². The molecule has 0 bridgehead atoms. The monoisotopic (exact) mass is 370 g/mol. The smallest absolute Gasteiger partial charge is 0.351 e. The van der Waals surface area contributed by atoms with E-state index in [1.54, 1.807) is 0 Å². The number of hydroxylamine groups is 2. The molecule has 25 heavy (non-hydrogen) atoms. The van der Waals surface area contributed by atoms with Gasteiger partial charge < -0.3 is 16.3 Å². The second-order valence-corrected chi connectivity index (χ2v) is 7.85. The van der Waals surface area contributed by atoms with E-state index in [-0.39, 0.29) is 19.3 Å². The fourth-order valence-corrected chi connectivity index (χ4v) is 4.58. The van der Waals surface area contributed by atoms with Crippen molar-refractivity contribution >= 4 is 21.8 Å². The van der Waals surface area contributed by atoms with Crippen LogP contribution in [0.4, 0.5) is 0 Å². The number of aromatic nitrogens is 1. The zero-order valence-corrected chi connectivity index (χ0v) is 14.6. The number of pyridine rings is 1. The minimum atomic E-state index is -4.62. The van der Waals surface area contributed by atoms with Gasteiger partial charge in [0.05, 0.1) is 6.42 Å². The van der Waals surface area contributed by atoms with Gasteiger partial charge in [-0.1, -0.05) is 6.07 Å². The Bertz CT molecular complexity index is 717. The first-order valence-corrected chi connectivity index (χ1v) is 9.52. The van der Waals surface area contributed by atoms with E-state index in [9.17, 15) is 23.2 Å². The van der Waals surface area contributed by atoms with Crippen LogP contribution >= 0.6 is 0 Å². The Hall–Kier alpha value is -1.88. The van der Waals surface area contributed by atoms with Crippen molar-refractivity contribution in [3.63, 3.8) is 0 Å². The highest BCUT2D eigenvalue weighted by molar-refractivity contribution is 7.86. The zero-order chi connectivity index (χ0) is 18.5. The molecule has 1 fully saturated rings. The highest BCUT2D eigenvalue weighted by Crippen LogP contribution is 2.31. The summed E-state index contributed by atoms with van der Waals surface area (Å²) in [4.78, 5) is 27.3. The molecule has 1 aromatic heterocycles. The maximum Gasteiger partial charge on any atom is 0.351 e. The number of carbonyl (C=O) groups excluding carboxylic acids is 2. The number of hydrogen-bond acceptors (Lipinski definition) is 7. The summed E-state index contributed by atoms with van der Waals surface area (Å²) in [6.45, 7) is 1.09. The molecule has 138 valence electrons. The molecule has 0 saturated carbocycles. The summed E-state index contributed by atoms with van der Waals surface area (Å²) in [6.07, 6.45) is 1.45. The van der Waals surface area contributed by atoms with Crippen LogP contribution in [-0.2, 0) is 19.6 Å². The summed E-state index contributed by atoms with van der Waals surface area (Å²) in [5, 5.41) is 16.2. The van der Waals surface area contributed by atoms with Crippen molar-refractivity contribution in [3.8, 4) is 0 Å².